The van der Waals surface area contributed by atoms with Crippen molar-refractivity contribution in [3.8, 4) is 0 Å². The summed E-state index contributed by atoms with van der Waals surface area (Å²) >= 11 is 3.15. The Morgan fingerprint density at radius 2 is 2.06 bits per heavy atom. The van der Waals surface area contributed by atoms with E-state index in [4.69, 9.17) is 0 Å². The highest BCUT2D eigenvalue weighted by molar-refractivity contribution is 9.10. The van der Waals surface area contributed by atoms with Crippen molar-refractivity contribution in [2.24, 2.45) is 0 Å². The molecule has 0 aliphatic heterocycles. The van der Waals surface area contributed by atoms with Crippen LogP contribution in [0.3, 0.4) is 0 Å². The maximum Gasteiger partial charge on any atom is 0.405 e. The van der Waals surface area contributed by atoms with Crippen molar-refractivity contribution in [2.45, 2.75) is 13.1 Å². The molecule has 0 unspecified atom stereocenters. The van der Waals surface area contributed by atoms with Gasteiger partial charge in [0, 0.05) is 22.3 Å². The second-order valence-corrected chi connectivity index (χ2v) is 4.31. The molecule has 94 valence electrons. The van der Waals surface area contributed by atoms with Crippen molar-refractivity contribution in [3.63, 3.8) is 0 Å². The zero-order valence-electron chi connectivity index (χ0n) is 9.09. The first-order chi connectivity index (χ1) is 7.87. The lowest BCUT2D eigenvalue weighted by Gasteiger charge is -2.24. The molecule has 1 aromatic carbocycles. The van der Waals surface area contributed by atoms with Crippen molar-refractivity contribution in [1.82, 2.24) is 0 Å². The van der Waals surface area contributed by atoms with Gasteiger partial charge in [0.25, 0.3) is 0 Å². The molecule has 0 heterocycles. The number of carbonyl (C=O) groups is 1. The molecule has 0 amide bonds. The summed E-state index contributed by atoms with van der Waals surface area (Å²) in [6.07, 6.45) is -3.60. The molecule has 0 atom stereocenters. The highest BCUT2D eigenvalue weighted by Crippen LogP contribution is 2.26. The number of rotatable bonds is 4. The number of hydrogen-bond acceptors (Lipinski definition) is 2. The summed E-state index contributed by atoms with van der Waals surface area (Å²) in [7, 11) is 0. The minimum absolute atomic E-state index is 0.242. The zero-order chi connectivity index (χ0) is 13.1. The minimum Gasteiger partial charge on any atom is -0.363 e. The largest absolute Gasteiger partial charge is 0.405 e. The van der Waals surface area contributed by atoms with Crippen molar-refractivity contribution in [3.05, 3.63) is 28.2 Å². The fraction of sp³-hybridized carbons (Fsp3) is 0.364. The van der Waals surface area contributed by atoms with Crippen LogP contribution >= 0.6 is 15.9 Å². The Labute approximate surface area is 106 Å². The third-order valence-electron chi connectivity index (χ3n) is 2.23. The lowest BCUT2D eigenvalue weighted by atomic mass is 10.2. The Bertz CT molecular complexity index is 406. The fourth-order valence-corrected chi connectivity index (χ4v) is 1.87. The van der Waals surface area contributed by atoms with Gasteiger partial charge in [-0.1, -0.05) is 0 Å². The van der Waals surface area contributed by atoms with E-state index >= 15 is 0 Å². The number of hydrogen-bond donors (Lipinski definition) is 0. The lowest BCUT2D eigenvalue weighted by molar-refractivity contribution is -0.119. The van der Waals surface area contributed by atoms with Crippen LogP contribution in [0.2, 0.25) is 0 Å². The molecule has 0 radical (unpaired) electrons. The summed E-state index contributed by atoms with van der Waals surface area (Å²) in [6.45, 7) is 0.885. The smallest absolute Gasteiger partial charge is 0.363 e. The molecule has 1 aromatic rings. The summed E-state index contributed by atoms with van der Waals surface area (Å²) < 4.78 is 37.4. The Morgan fingerprint density at radius 1 is 1.41 bits per heavy atom. The highest BCUT2D eigenvalue weighted by atomic mass is 79.9. The predicted octanol–water partition coefficient (Wildman–Crippen LogP) is 3.65. The van der Waals surface area contributed by atoms with Gasteiger partial charge in [-0.25, -0.2) is 0 Å². The average Bonchev–Trinajstić information content (AvgIpc) is 2.24. The van der Waals surface area contributed by atoms with E-state index in [1.807, 2.05) is 0 Å². The number of aldehydes is 1. The molecule has 0 N–H and O–H groups in total. The Morgan fingerprint density at radius 3 is 2.47 bits per heavy atom. The fourth-order valence-electron chi connectivity index (χ4n) is 1.41. The van der Waals surface area contributed by atoms with Crippen molar-refractivity contribution >= 4 is 27.9 Å². The molecule has 0 aromatic heterocycles. The van der Waals surface area contributed by atoms with Crippen LogP contribution in [0.15, 0.2) is 22.7 Å². The first-order valence-corrected chi connectivity index (χ1v) is 5.73. The van der Waals surface area contributed by atoms with E-state index in [-0.39, 0.29) is 6.54 Å². The van der Waals surface area contributed by atoms with Crippen molar-refractivity contribution in [2.75, 3.05) is 18.0 Å². The van der Waals surface area contributed by atoms with Crippen LogP contribution in [0.25, 0.3) is 0 Å². The van der Waals surface area contributed by atoms with Crippen molar-refractivity contribution < 1.29 is 18.0 Å². The second-order valence-electron chi connectivity index (χ2n) is 3.45. The quantitative estimate of drug-likeness (QED) is 0.791. The Kier molecular flexibility index (Phi) is 4.56. The molecule has 0 fully saturated rings. The van der Waals surface area contributed by atoms with Gasteiger partial charge in [0.2, 0.25) is 0 Å². The van der Waals surface area contributed by atoms with Gasteiger partial charge in [-0.2, -0.15) is 13.2 Å². The summed E-state index contributed by atoms with van der Waals surface area (Å²) in [5, 5.41) is 0. The van der Waals surface area contributed by atoms with Crippen LogP contribution in [0, 0.1) is 0 Å². The number of anilines is 1. The maximum atomic E-state index is 12.3. The number of benzene rings is 1. The van der Waals surface area contributed by atoms with Crippen LogP contribution in [-0.4, -0.2) is 25.6 Å². The van der Waals surface area contributed by atoms with Crippen LogP contribution in [0.1, 0.15) is 17.3 Å². The van der Waals surface area contributed by atoms with E-state index in [0.29, 0.717) is 22.0 Å². The molecule has 0 bridgehead atoms. The molecular formula is C11H11BrF3NO. The number of halogens is 4. The van der Waals surface area contributed by atoms with Crippen LogP contribution in [0.5, 0.6) is 0 Å². The van der Waals surface area contributed by atoms with E-state index in [0.717, 1.165) is 0 Å². The number of carbonyl (C=O) groups excluding carboxylic acids is 1. The Balaban J connectivity index is 2.97. The van der Waals surface area contributed by atoms with E-state index in [9.17, 15) is 18.0 Å². The van der Waals surface area contributed by atoms with Crippen LogP contribution in [-0.2, 0) is 0 Å². The first-order valence-electron chi connectivity index (χ1n) is 4.94. The molecule has 2 nitrogen and oxygen atoms in total. The van der Waals surface area contributed by atoms with Crippen molar-refractivity contribution in [1.29, 1.82) is 0 Å². The van der Waals surface area contributed by atoms with Gasteiger partial charge in [-0.3, -0.25) is 4.79 Å². The minimum atomic E-state index is -4.24. The third-order valence-corrected chi connectivity index (χ3v) is 2.91. The van der Waals surface area contributed by atoms with Gasteiger partial charge in [-0.15, -0.1) is 0 Å². The standard InChI is InChI=1S/C11H11BrF3NO/c1-2-16(7-11(13,14)15)9-4-3-8(6-17)10(12)5-9/h3-6H,2,7H2,1H3. The van der Waals surface area contributed by atoms with Crippen LogP contribution < -0.4 is 4.90 Å². The zero-order valence-corrected chi connectivity index (χ0v) is 10.7. The monoisotopic (exact) mass is 309 g/mol. The van der Waals surface area contributed by atoms with Gasteiger partial charge in [0.1, 0.15) is 6.54 Å². The molecule has 0 saturated heterocycles. The second kappa shape index (κ2) is 5.53. The van der Waals surface area contributed by atoms with E-state index in [1.54, 1.807) is 6.92 Å². The molecule has 0 spiro atoms. The average molecular weight is 310 g/mol. The third kappa shape index (κ3) is 4.03. The molecule has 17 heavy (non-hydrogen) atoms. The topological polar surface area (TPSA) is 20.3 Å². The summed E-state index contributed by atoms with van der Waals surface area (Å²) in [6, 6.07) is 4.51. The van der Waals surface area contributed by atoms with Gasteiger partial charge < -0.3 is 4.90 Å². The summed E-state index contributed by atoms with van der Waals surface area (Å²) in [5.41, 5.74) is 0.846. The SMILES string of the molecule is CCN(CC(F)(F)F)c1ccc(C=O)c(Br)c1. The van der Waals surface area contributed by atoms with Gasteiger partial charge in [0.15, 0.2) is 6.29 Å². The number of alkyl halides is 3. The molecule has 0 saturated carbocycles. The Hall–Kier alpha value is -1.04. The van der Waals surface area contributed by atoms with Gasteiger partial charge in [-0.05, 0) is 41.1 Å². The van der Waals surface area contributed by atoms with E-state index in [1.165, 1.54) is 23.1 Å². The van der Waals surface area contributed by atoms with E-state index in [2.05, 4.69) is 15.9 Å². The molecule has 0 aliphatic rings. The normalized spacial score (nSPS) is 11.4. The molecule has 6 heteroatoms. The van der Waals surface area contributed by atoms with Gasteiger partial charge >= 0.3 is 6.18 Å². The summed E-state index contributed by atoms with van der Waals surface area (Å²) in [4.78, 5) is 11.8. The first kappa shape index (κ1) is 14.0. The lowest BCUT2D eigenvalue weighted by Crippen LogP contribution is -2.34. The predicted molar refractivity (Wildman–Crippen MR) is 63.5 cm³/mol. The van der Waals surface area contributed by atoms with E-state index < -0.39 is 12.7 Å². The van der Waals surface area contributed by atoms with Gasteiger partial charge in [0.05, 0.1) is 0 Å². The molecule has 1 rings (SSSR count). The molecule has 0 aliphatic carbocycles. The maximum absolute atomic E-state index is 12.3. The highest BCUT2D eigenvalue weighted by Gasteiger charge is 2.30. The number of nitrogens with zero attached hydrogens (tertiary/aromatic N) is 1. The molecular weight excluding hydrogens is 299 g/mol. The van der Waals surface area contributed by atoms with Crippen LogP contribution in [0.4, 0.5) is 18.9 Å². The summed E-state index contributed by atoms with van der Waals surface area (Å²) in [5.74, 6) is 0.